The van der Waals surface area contributed by atoms with Crippen molar-refractivity contribution in [1.82, 2.24) is 4.31 Å². The van der Waals surface area contributed by atoms with Gasteiger partial charge < -0.3 is 11.1 Å². The number of anilines is 1. The summed E-state index contributed by atoms with van der Waals surface area (Å²) in [6, 6.07) is 19.9. The molecule has 0 saturated heterocycles. The molecule has 3 rings (SSSR count). The fraction of sp³-hybridized carbons (Fsp3) is 0.167. The summed E-state index contributed by atoms with van der Waals surface area (Å²) in [4.78, 5) is 23.9. The maximum absolute atomic E-state index is 13.3. The highest BCUT2D eigenvalue weighted by Gasteiger charge is 2.27. The minimum absolute atomic E-state index is 0.00164. The van der Waals surface area contributed by atoms with Crippen molar-refractivity contribution in [3.8, 4) is 0 Å². The molecule has 0 spiro atoms. The van der Waals surface area contributed by atoms with Crippen LogP contribution in [0.15, 0.2) is 77.7 Å². The molecule has 2 amide bonds. The minimum Gasteiger partial charge on any atom is -0.369 e. The largest absolute Gasteiger partial charge is 0.369 e. The summed E-state index contributed by atoms with van der Waals surface area (Å²) < 4.78 is 27.8. The third-order valence-electron chi connectivity index (χ3n) is 4.87. The molecule has 9 heteroatoms. The zero-order chi connectivity index (χ0) is 24.0. The van der Waals surface area contributed by atoms with E-state index in [1.807, 2.05) is 6.92 Å². The first kappa shape index (κ1) is 24.4. The number of primary amides is 1. The molecule has 0 fully saturated rings. The fourth-order valence-corrected chi connectivity index (χ4v) is 4.66. The van der Waals surface area contributed by atoms with Gasteiger partial charge in [0, 0.05) is 17.3 Å². The third kappa shape index (κ3) is 6.89. The van der Waals surface area contributed by atoms with E-state index in [2.05, 4.69) is 5.32 Å². The summed E-state index contributed by atoms with van der Waals surface area (Å²) in [5.41, 5.74) is 8.00. The van der Waals surface area contributed by atoms with E-state index in [1.54, 1.807) is 60.7 Å². The SMILES string of the molecule is Cc1ccc(S(=O)(=O)N(CC(=O)Nc2ccc(CC(N)=O)cc2)Cc2ccc(Cl)cc2)cc1. The number of sulfonamides is 1. The first-order chi connectivity index (χ1) is 15.6. The summed E-state index contributed by atoms with van der Waals surface area (Å²) in [5, 5.41) is 3.23. The van der Waals surface area contributed by atoms with Crippen LogP contribution in [0.25, 0.3) is 0 Å². The van der Waals surface area contributed by atoms with Crippen molar-refractivity contribution in [2.45, 2.75) is 24.8 Å². The van der Waals surface area contributed by atoms with Gasteiger partial charge in [0.25, 0.3) is 0 Å². The number of amides is 2. The van der Waals surface area contributed by atoms with Gasteiger partial charge in [-0.15, -0.1) is 0 Å². The van der Waals surface area contributed by atoms with E-state index in [0.717, 1.165) is 9.87 Å². The Bertz CT molecular complexity index is 1230. The number of rotatable bonds is 9. The van der Waals surface area contributed by atoms with Crippen LogP contribution in [0.1, 0.15) is 16.7 Å². The summed E-state index contributed by atoms with van der Waals surface area (Å²) in [6.07, 6.45) is 0.0951. The van der Waals surface area contributed by atoms with Gasteiger partial charge in [0.15, 0.2) is 0 Å². The number of halogens is 1. The van der Waals surface area contributed by atoms with Gasteiger partial charge >= 0.3 is 0 Å². The zero-order valence-electron chi connectivity index (χ0n) is 18.0. The van der Waals surface area contributed by atoms with E-state index >= 15 is 0 Å². The van der Waals surface area contributed by atoms with Crippen LogP contribution in [0.4, 0.5) is 5.69 Å². The van der Waals surface area contributed by atoms with E-state index in [1.165, 1.54) is 12.1 Å². The van der Waals surface area contributed by atoms with Crippen molar-refractivity contribution >= 4 is 39.1 Å². The molecule has 0 atom stereocenters. The highest BCUT2D eigenvalue weighted by molar-refractivity contribution is 7.89. The first-order valence-electron chi connectivity index (χ1n) is 10.1. The lowest BCUT2D eigenvalue weighted by molar-refractivity contribution is -0.117. The van der Waals surface area contributed by atoms with Crippen molar-refractivity contribution in [2.75, 3.05) is 11.9 Å². The van der Waals surface area contributed by atoms with Crippen LogP contribution in [0.3, 0.4) is 0 Å². The summed E-state index contributed by atoms with van der Waals surface area (Å²) >= 11 is 5.94. The Morgan fingerprint density at radius 1 is 0.909 bits per heavy atom. The number of nitrogens with zero attached hydrogens (tertiary/aromatic N) is 1. The average Bonchev–Trinajstić information content (AvgIpc) is 2.76. The van der Waals surface area contributed by atoms with Gasteiger partial charge in [0.05, 0.1) is 17.9 Å². The Morgan fingerprint density at radius 3 is 2.06 bits per heavy atom. The molecule has 0 radical (unpaired) electrons. The number of hydrogen-bond donors (Lipinski definition) is 2. The van der Waals surface area contributed by atoms with Crippen LogP contribution < -0.4 is 11.1 Å². The summed E-state index contributed by atoms with van der Waals surface area (Å²) in [5.74, 6) is -0.951. The molecule has 3 aromatic carbocycles. The van der Waals surface area contributed by atoms with Crippen LogP contribution in [0.5, 0.6) is 0 Å². The Balaban J connectivity index is 1.81. The molecule has 0 saturated carbocycles. The Labute approximate surface area is 198 Å². The second kappa shape index (κ2) is 10.6. The van der Waals surface area contributed by atoms with E-state index in [0.29, 0.717) is 21.8 Å². The van der Waals surface area contributed by atoms with Crippen LogP contribution in [0, 0.1) is 6.92 Å². The number of nitrogens with two attached hydrogens (primary N) is 1. The van der Waals surface area contributed by atoms with Crippen LogP contribution in [-0.4, -0.2) is 31.1 Å². The molecule has 3 N–H and O–H groups in total. The number of nitrogens with one attached hydrogen (secondary N) is 1. The summed E-state index contributed by atoms with van der Waals surface area (Å²) in [7, 11) is -3.95. The van der Waals surface area contributed by atoms with Crippen LogP contribution in [0.2, 0.25) is 5.02 Å². The van der Waals surface area contributed by atoms with Crippen molar-refractivity contribution in [1.29, 1.82) is 0 Å². The number of hydrogen-bond acceptors (Lipinski definition) is 4. The monoisotopic (exact) mass is 485 g/mol. The lowest BCUT2D eigenvalue weighted by Gasteiger charge is -2.22. The highest BCUT2D eigenvalue weighted by Crippen LogP contribution is 2.20. The molecule has 0 bridgehead atoms. The maximum Gasteiger partial charge on any atom is 0.243 e. The molecule has 0 unspecified atom stereocenters. The Kier molecular flexibility index (Phi) is 7.86. The van der Waals surface area contributed by atoms with E-state index in [9.17, 15) is 18.0 Å². The van der Waals surface area contributed by atoms with Gasteiger partial charge in [0.2, 0.25) is 21.8 Å². The van der Waals surface area contributed by atoms with E-state index in [-0.39, 0.29) is 24.4 Å². The zero-order valence-corrected chi connectivity index (χ0v) is 19.6. The predicted molar refractivity (Wildman–Crippen MR) is 128 cm³/mol. The van der Waals surface area contributed by atoms with E-state index < -0.39 is 21.8 Å². The Morgan fingerprint density at radius 2 is 1.48 bits per heavy atom. The standard InChI is InChI=1S/C24H24ClN3O4S/c1-17-2-12-22(13-3-17)33(31,32)28(15-19-4-8-20(25)9-5-19)16-24(30)27-21-10-6-18(7-11-21)14-23(26)29/h2-13H,14-16H2,1H3,(H2,26,29)(H,27,30). The fourth-order valence-electron chi connectivity index (χ4n) is 3.15. The van der Waals surface area contributed by atoms with Gasteiger partial charge in [0.1, 0.15) is 0 Å². The molecular formula is C24H24ClN3O4S. The first-order valence-corrected chi connectivity index (χ1v) is 11.9. The molecule has 172 valence electrons. The van der Waals surface area contributed by atoms with Crippen molar-refractivity contribution in [3.63, 3.8) is 0 Å². The van der Waals surface area contributed by atoms with Crippen molar-refractivity contribution in [2.24, 2.45) is 5.73 Å². The van der Waals surface area contributed by atoms with E-state index in [4.69, 9.17) is 17.3 Å². The number of carbonyl (C=O) groups excluding carboxylic acids is 2. The maximum atomic E-state index is 13.3. The van der Waals surface area contributed by atoms with Crippen LogP contribution in [-0.2, 0) is 32.6 Å². The lowest BCUT2D eigenvalue weighted by atomic mass is 10.1. The summed E-state index contributed by atoms with van der Waals surface area (Å²) in [6.45, 7) is 1.48. The van der Waals surface area contributed by atoms with Gasteiger partial charge in [-0.1, -0.05) is 53.6 Å². The topological polar surface area (TPSA) is 110 Å². The molecule has 0 aromatic heterocycles. The van der Waals surface area contributed by atoms with Gasteiger partial charge in [-0.2, -0.15) is 4.31 Å². The molecule has 7 nitrogen and oxygen atoms in total. The van der Waals surface area contributed by atoms with Crippen LogP contribution >= 0.6 is 11.6 Å². The second-order valence-corrected chi connectivity index (χ2v) is 9.98. The van der Waals surface area contributed by atoms with Gasteiger partial charge in [-0.25, -0.2) is 8.42 Å². The molecule has 0 aliphatic rings. The smallest absolute Gasteiger partial charge is 0.243 e. The quantitative estimate of drug-likeness (QED) is 0.483. The second-order valence-electron chi connectivity index (χ2n) is 7.60. The number of benzene rings is 3. The molecule has 3 aromatic rings. The highest BCUT2D eigenvalue weighted by atomic mass is 35.5. The van der Waals surface area contributed by atoms with Crippen molar-refractivity contribution in [3.05, 3.63) is 94.5 Å². The number of aryl methyl sites for hydroxylation is 1. The third-order valence-corrected chi connectivity index (χ3v) is 6.92. The Hall–Kier alpha value is -3.20. The van der Waals surface area contributed by atoms with Gasteiger partial charge in [-0.3, -0.25) is 9.59 Å². The average molecular weight is 486 g/mol. The predicted octanol–water partition coefficient (Wildman–Crippen LogP) is 3.51. The lowest BCUT2D eigenvalue weighted by Crippen LogP contribution is -2.37. The molecule has 0 aliphatic carbocycles. The molecule has 0 heterocycles. The number of carbonyl (C=O) groups is 2. The molecule has 33 heavy (non-hydrogen) atoms. The normalized spacial score (nSPS) is 11.4. The molecule has 0 aliphatic heterocycles. The van der Waals surface area contributed by atoms with Crippen molar-refractivity contribution < 1.29 is 18.0 Å². The molecular weight excluding hydrogens is 462 g/mol. The minimum atomic E-state index is -3.95. The van der Waals surface area contributed by atoms with Gasteiger partial charge in [-0.05, 0) is 54.4 Å².